The predicted molar refractivity (Wildman–Crippen MR) is 114 cm³/mol. The van der Waals surface area contributed by atoms with Gasteiger partial charge < -0.3 is 0 Å². The Morgan fingerprint density at radius 2 is 1.62 bits per heavy atom. The van der Waals surface area contributed by atoms with Gasteiger partial charge in [-0.25, -0.2) is 13.4 Å². The molecule has 0 spiro atoms. The Labute approximate surface area is 169 Å². The molecular weight excluding hydrogens is 388 g/mol. The van der Waals surface area contributed by atoms with Gasteiger partial charge in [-0.1, -0.05) is 42.5 Å². The van der Waals surface area contributed by atoms with E-state index in [2.05, 4.69) is 9.88 Å². The van der Waals surface area contributed by atoms with Gasteiger partial charge in [0.2, 0.25) is 10.0 Å². The van der Waals surface area contributed by atoms with Gasteiger partial charge in [0, 0.05) is 31.6 Å². The van der Waals surface area contributed by atoms with E-state index in [4.69, 9.17) is 0 Å². The van der Waals surface area contributed by atoms with E-state index in [1.807, 2.05) is 48.5 Å². The number of rotatable bonds is 5. The molecule has 0 unspecified atom stereocenters. The Morgan fingerprint density at radius 1 is 0.931 bits per heavy atom. The zero-order valence-electron chi connectivity index (χ0n) is 15.9. The normalized spacial score (nSPS) is 16.6. The van der Waals surface area contributed by atoms with Gasteiger partial charge in [-0.05, 0) is 23.8 Å². The van der Waals surface area contributed by atoms with E-state index in [0.717, 1.165) is 5.56 Å². The summed E-state index contributed by atoms with van der Waals surface area (Å²) in [6.07, 6.45) is 3.17. The minimum atomic E-state index is -3.47. The van der Waals surface area contributed by atoms with Crippen LogP contribution in [-0.2, 0) is 16.7 Å². The fraction of sp³-hybridized carbons (Fsp3) is 0.238. The molecule has 0 atom stereocenters. The second-order valence-electron chi connectivity index (χ2n) is 6.95. The molecule has 29 heavy (non-hydrogen) atoms. The van der Waals surface area contributed by atoms with Gasteiger partial charge in [-0.15, -0.1) is 0 Å². The smallest absolute Gasteiger partial charge is 0.262 e. The Morgan fingerprint density at radius 3 is 2.38 bits per heavy atom. The molecule has 1 saturated heterocycles. The van der Waals surface area contributed by atoms with Gasteiger partial charge in [0.25, 0.3) is 5.56 Å². The Hall–Kier alpha value is -2.81. The standard InChI is InChI=1S/C21H22N4O3S/c26-21-19-8-4-5-9-20(19)22-16-24(21)17-23-11-13-25(14-12-23)29(27,28)15-10-18-6-2-1-3-7-18/h1-10,15-16H,11-14,17H2. The lowest BCUT2D eigenvalue weighted by molar-refractivity contribution is 0.151. The molecule has 1 aliphatic heterocycles. The molecule has 1 aliphatic rings. The molecule has 0 N–H and O–H groups in total. The molecule has 3 aromatic rings. The fourth-order valence-electron chi connectivity index (χ4n) is 3.36. The van der Waals surface area contributed by atoms with E-state index >= 15 is 0 Å². The summed E-state index contributed by atoms with van der Waals surface area (Å²) in [5.41, 5.74) is 1.43. The highest BCUT2D eigenvalue weighted by atomic mass is 32.2. The van der Waals surface area contributed by atoms with E-state index < -0.39 is 10.0 Å². The lowest BCUT2D eigenvalue weighted by atomic mass is 10.2. The third-order valence-corrected chi connectivity index (χ3v) is 6.57. The Kier molecular flexibility index (Phi) is 5.57. The van der Waals surface area contributed by atoms with E-state index in [1.54, 1.807) is 23.0 Å². The first-order valence-corrected chi connectivity index (χ1v) is 10.9. The summed E-state index contributed by atoms with van der Waals surface area (Å²) < 4.78 is 28.2. The number of hydrogen-bond donors (Lipinski definition) is 0. The van der Waals surface area contributed by atoms with E-state index in [-0.39, 0.29) is 5.56 Å². The largest absolute Gasteiger partial charge is 0.285 e. The van der Waals surface area contributed by atoms with Crippen molar-refractivity contribution >= 4 is 27.0 Å². The lowest BCUT2D eigenvalue weighted by Gasteiger charge is -2.33. The number of nitrogens with zero attached hydrogens (tertiary/aromatic N) is 4. The summed E-state index contributed by atoms with van der Waals surface area (Å²) in [6, 6.07) is 16.6. The molecule has 150 valence electrons. The summed E-state index contributed by atoms with van der Waals surface area (Å²) in [6.45, 7) is 2.27. The van der Waals surface area contributed by atoms with Crippen molar-refractivity contribution in [2.45, 2.75) is 6.67 Å². The molecule has 0 aliphatic carbocycles. The third kappa shape index (κ3) is 4.45. The zero-order valence-corrected chi connectivity index (χ0v) is 16.7. The molecule has 1 aromatic heterocycles. The third-order valence-electron chi connectivity index (χ3n) is 5.01. The molecule has 0 bridgehead atoms. The van der Waals surface area contributed by atoms with Crippen molar-refractivity contribution in [1.29, 1.82) is 0 Å². The molecule has 4 rings (SSSR count). The number of para-hydroxylation sites is 1. The highest BCUT2D eigenvalue weighted by molar-refractivity contribution is 7.92. The van der Waals surface area contributed by atoms with Crippen LogP contribution in [0, 0.1) is 0 Å². The summed E-state index contributed by atoms with van der Waals surface area (Å²) >= 11 is 0. The number of benzene rings is 2. The maximum Gasteiger partial charge on any atom is 0.262 e. The average molecular weight is 410 g/mol. The SMILES string of the molecule is O=c1c2ccccc2ncn1CN1CCN(S(=O)(=O)C=Cc2ccccc2)CC1. The molecule has 0 amide bonds. The number of fused-ring (bicyclic) bond motifs is 1. The average Bonchev–Trinajstić information content (AvgIpc) is 2.76. The van der Waals surface area contributed by atoms with Crippen molar-refractivity contribution in [3.63, 3.8) is 0 Å². The van der Waals surface area contributed by atoms with Crippen molar-refractivity contribution in [3.05, 3.63) is 82.2 Å². The molecule has 2 aromatic carbocycles. The molecule has 0 radical (unpaired) electrons. The van der Waals surface area contributed by atoms with Gasteiger partial charge in [0.15, 0.2) is 0 Å². The summed E-state index contributed by atoms with van der Waals surface area (Å²) in [4.78, 5) is 19.0. The maximum atomic E-state index is 12.6. The van der Waals surface area contributed by atoms with Crippen molar-refractivity contribution < 1.29 is 8.42 Å². The van der Waals surface area contributed by atoms with Crippen LogP contribution >= 0.6 is 0 Å². The summed E-state index contributed by atoms with van der Waals surface area (Å²) in [7, 11) is -3.47. The Bertz CT molecular complexity index is 1180. The highest BCUT2D eigenvalue weighted by Crippen LogP contribution is 2.12. The van der Waals surface area contributed by atoms with Crippen LogP contribution in [0.5, 0.6) is 0 Å². The number of piperazine rings is 1. The number of aromatic nitrogens is 2. The maximum absolute atomic E-state index is 12.6. The van der Waals surface area contributed by atoms with Crippen molar-refractivity contribution in [2.75, 3.05) is 26.2 Å². The molecule has 2 heterocycles. The first-order valence-electron chi connectivity index (χ1n) is 9.43. The number of hydrogen-bond acceptors (Lipinski definition) is 5. The van der Waals surface area contributed by atoms with Crippen LogP contribution in [-0.4, -0.2) is 53.4 Å². The van der Waals surface area contributed by atoms with E-state index in [9.17, 15) is 13.2 Å². The van der Waals surface area contributed by atoms with Gasteiger partial charge in [0.1, 0.15) is 0 Å². The van der Waals surface area contributed by atoms with E-state index in [0.29, 0.717) is 43.8 Å². The van der Waals surface area contributed by atoms with Crippen LogP contribution in [0.1, 0.15) is 5.56 Å². The quantitative estimate of drug-likeness (QED) is 0.643. The van der Waals surface area contributed by atoms with Crippen molar-refractivity contribution in [1.82, 2.24) is 18.8 Å². The Balaban J connectivity index is 1.40. The predicted octanol–water partition coefficient (Wildman–Crippen LogP) is 1.97. The van der Waals surface area contributed by atoms with Crippen LogP contribution in [0.25, 0.3) is 17.0 Å². The summed E-state index contributed by atoms with van der Waals surface area (Å²) in [5, 5.41) is 1.85. The van der Waals surface area contributed by atoms with Crippen LogP contribution in [0.15, 0.2) is 71.1 Å². The number of sulfonamides is 1. The minimum absolute atomic E-state index is 0.0866. The van der Waals surface area contributed by atoms with Gasteiger partial charge in [-0.3, -0.25) is 14.3 Å². The van der Waals surface area contributed by atoms with Gasteiger partial charge in [0.05, 0.1) is 23.9 Å². The van der Waals surface area contributed by atoms with Gasteiger partial charge in [-0.2, -0.15) is 4.31 Å². The molecule has 1 fully saturated rings. The van der Waals surface area contributed by atoms with Crippen LogP contribution < -0.4 is 5.56 Å². The first-order chi connectivity index (χ1) is 14.0. The van der Waals surface area contributed by atoms with Gasteiger partial charge >= 0.3 is 0 Å². The fourth-order valence-corrected chi connectivity index (χ4v) is 4.54. The van der Waals surface area contributed by atoms with Crippen LogP contribution in [0.4, 0.5) is 0 Å². The molecule has 0 saturated carbocycles. The molecular formula is C21H22N4O3S. The van der Waals surface area contributed by atoms with Crippen molar-refractivity contribution in [3.8, 4) is 0 Å². The van der Waals surface area contributed by atoms with Crippen molar-refractivity contribution in [2.24, 2.45) is 0 Å². The second kappa shape index (κ2) is 8.28. The molecule has 8 heteroatoms. The monoisotopic (exact) mass is 410 g/mol. The summed E-state index contributed by atoms with van der Waals surface area (Å²) in [5.74, 6) is 0. The lowest BCUT2D eigenvalue weighted by Crippen LogP contribution is -2.49. The van der Waals surface area contributed by atoms with E-state index in [1.165, 1.54) is 9.71 Å². The first kappa shape index (κ1) is 19.5. The molecule has 7 nitrogen and oxygen atoms in total. The topological polar surface area (TPSA) is 75.5 Å². The highest BCUT2D eigenvalue weighted by Gasteiger charge is 2.25. The minimum Gasteiger partial charge on any atom is -0.285 e. The van der Waals surface area contributed by atoms with Crippen LogP contribution in [0.3, 0.4) is 0 Å². The zero-order chi connectivity index (χ0) is 20.3. The van der Waals surface area contributed by atoms with Crippen LogP contribution in [0.2, 0.25) is 0 Å². The second-order valence-corrected chi connectivity index (χ2v) is 8.77.